The van der Waals surface area contributed by atoms with Crippen molar-refractivity contribution in [2.24, 2.45) is 5.73 Å². The average Bonchev–Trinajstić information content (AvgIpc) is 3.18. The number of alkyl halides is 3. The third-order valence-corrected chi connectivity index (χ3v) is 6.51. The highest BCUT2D eigenvalue weighted by Crippen LogP contribution is 2.33. The molecule has 3 aromatic rings. The first-order valence-electron chi connectivity index (χ1n) is 11.9. The molecule has 192 valence electrons. The number of likely N-dealkylation sites (tertiary alicyclic amines) is 1. The van der Waals surface area contributed by atoms with Crippen molar-refractivity contribution in [1.82, 2.24) is 24.6 Å². The first kappa shape index (κ1) is 25.6. The fourth-order valence-corrected chi connectivity index (χ4v) is 4.49. The summed E-state index contributed by atoms with van der Waals surface area (Å²) in [6, 6.07) is 7.36. The minimum atomic E-state index is -4.59. The van der Waals surface area contributed by atoms with E-state index in [0.29, 0.717) is 11.3 Å². The molecule has 36 heavy (non-hydrogen) atoms. The topological polar surface area (TPSA) is 102 Å². The van der Waals surface area contributed by atoms with Crippen molar-refractivity contribution >= 4 is 17.5 Å². The number of benzene rings is 1. The van der Waals surface area contributed by atoms with Gasteiger partial charge in [0.05, 0.1) is 35.1 Å². The van der Waals surface area contributed by atoms with E-state index in [2.05, 4.69) is 32.3 Å². The number of aryl methyl sites for hydroxylation is 3. The van der Waals surface area contributed by atoms with E-state index in [0.717, 1.165) is 43.4 Å². The summed E-state index contributed by atoms with van der Waals surface area (Å²) < 4.78 is 43.0. The second-order valence-electron chi connectivity index (χ2n) is 9.23. The van der Waals surface area contributed by atoms with Crippen molar-refractivity contribution in [3.8, 4) is 0 Å². The molecule has 0 radical (unpaired) electrons. The van der Waals surface area contributed by atoms with Crippen LogP contribution in [0.1, 0.15) is 47.0 Å². The number of halogens is 3. The molecule has 1 aliphatic heterocycles. The SMILES string of the molecule is Cc1nn(C2CCN(C)CC2)cc1Nc1ncc(C(F)(F)F)c(CCc2ccccc2CC(N)=O)n1. The van der Waals surface area contributed by atoms with E-state index in [-0.39, 0.29) is 36.9 Å². The second kappa shape index (κ2) is 10.7. The van der Waals surface area contributed by atoms with E-state index >= 15 is 0 Å². The van der Waals surface area contributed by atoms with Crippen molar-refractivity contribution in [1.29, 1.82) is 0 Å². The number of amides is 1. The number of nitrogens with zero attached hydrogens (tertiary/aromatic N) is 5. The Morgan fingerprint density at radius 3 is 2.53 bits per heavy atom. The highest BCUT2D eigenvalue weighted by Gasteiger charge is 2.35. The van der Waals surface area contributed by atoms with E-state index in [1.54, 1.807) is 24.3 Å². The van der Waals surface area contributed by atoms with Gasteiger partial charge in [-0.2, -0.15) is 18.3 Å². The lowest BCUT2D eigenvalue weighted by atomic mass is 9.98. The van der Waals surface area contributed by atoms with Gasteiger partial charge in [-0.05, 0) is 63.9 Å². The molecule has 1 aliphatic rings. The van der Waals surface area contributed by atoms with Crippen LogP contribution >= 0.6 is 0 Å². The highest BCUT2D eigenvalue weighted by molar-refractivity contribution is 5.77. The van der Waals surface area contributed by atoms with Crippen molar-refractivity contribution < 1.29 is 18.0 Å². The molecular formula is C25H30F3N7O. The summed E-state index contributed by atoms with van der Waals surface area (Å²) in [5.41, 5.74) is 7.16. The summed E-state index contributed by atoms with van der Waals surface area (Å²) in [6.45, 7) is 3.81. The van der Waals surface area contributed by atoms with E-state index in [1.165, 1.54) is 0 Å². The lowest BCUT2D eigenvalue weighted by molar-refractivity contribution is -0.138. The molecule has 11 heteroatoms. The third-order valence-electron chi connectivity index (χ3n) is 6.51. The van der Waals surface area contributed by atoms with Crippen LogP contribution in [0.4, 0.5) is 24.8 Å². The van der Waals surface area contributed by atoms with E-state index in [9.17, 15) is 18.0 Å². The molecule has 1 aromatic carbocycles. The maximum Gasteiger partial charge on any atom is 0.419 e. The van der Waals surface area contributed by atoms with Crippen molar-refractivity contribution in [2.75, 3.05) is 25.5 Å². The molecule has 0 spiro atoms. The summed E-state index contributed by atoms with van der Waals surface area (Å²) in [7, 11) is 2.09. The normalized spacial score (nSPS) is 15.2. The Bertz CT molecular complexity index is 1220. The van der Waals surface area contributed by atoms with Crippen LogP contribution in [0.3, 0.4) is 0 Å². The standard InChI is InChI=1S/C25H30F3N7O/c1-16-22(15-35(33-16)19-9-11-34(2)12-10-19)32-24-30-14-20(25(26,27)28)21(31-24)8-7-17-5-3-4-6-18(17)13-23(29)36/h3-6,14-15,19H,7-13H2,1-2H3,(H2,29,36)(H,30,31,32). The van der Waals surface area contributed by atoms with Gasteiger partial charge in [0.15, 0.2) is 0 Å². The van der Waals surface area contributed by atoms with E-state index in [1.807, 2.05) is 17.8 Å². The van der Waals surface area contributed by atoms with Gasteiger partial charge in [0.1, 0.15) is 0 Å². The largest absolute Gasteiger partial charge is 0.419 e. The highest BCUT2D eigenvalue weighted by atomic mass is 19.4. The Balaban J connectivity index is 1.55. The lowest BCUT2D eigenvalue weighted by Crippen LogP contribution is -2.31. The third kappa shape index (κ3) is 6.20. The summed E-state index contributed by atoms with van der Waals surface area (Å²) in [5, 5.41) is 7.66. The average molecular weight is 502 g/mol. The molecule has 0 saturated carbocycles. The monoisotopic (exact) mass is 501 g/mol. The number of hydrogen-bond donors (Lipinski definition) is 2. The fraction of sp³-hybridized carbons (Fsp3) is 0.440. The maximum absolute atomic E-state index is 13.7. The van der Waals surface area contributed by atoms with Crippen LogP contribution in [-0.4, -0.2) is 50.7 Å². The predicted octanol–water partition coefficient (Wildman–Crippen LogP) is 3.82. The van der Waals surface area contributed by atoms with Crippen molar-refractivity contribution in [2.45, 2.75) is 51.2 Å². The van der Waals surface area contributed by atoms with Crippen LogP contribution in [0.25, 0.3) is 0 Å². The zero-order valence-electron chi connectivity index (χ0n) is 20.3. The number of primary amides is 1. The van der Waals surface area contributed by atoms with Gasteiger partial charge in [-0.3, -0.25) is 9.48 Å². The Hall–Kier alpha value is -3.47. The molecule has 0 aliphatic carbocycles. The predicted molar refractivity (Wildman–Crippen MR) is 130 cm³/mol. The minimum Gasteiger partial charge on any atom is -0.369 e. The van der Waals surface area contributed by atoms with Gasteiger partial charge in [0, 0.05) is 12.4 Å². The zero-order chi connectivity index (χ0) is 25.9. The zero-order valence-corrected chi connectivity index (χ0v) is 20.3. The van der Waals surface area contributed by atoms with Crippen LogP contribution in [0.15, 0.2) is 36.7 Å². The van der Waals surface area contributed by atoms with Gasteiger partial charge in [-0.15, -0.1) is 0 Å². The summed E-state index contributed by atoms with van der Waals surface area (Å²) in [4.78, 5) is 21.8. The van der Waals surface area contributed by atoms with Crippen molar-refractivity contribution in [3.63, 3.8) is 0 Å². The molecule has 8 nitrogen and oxygen atoms in total. The van der Waals surface area contributed by atoms with Gasteiger partial charge >= 0.3 is 6.18 Å². The molecule has 1 fully saturated rings. The van der Waals surface area contributed by atoms with Gasteiger partial charge in [0.25, 0.3) is 0 Å². The molecule has 2 aromatic heterocycles. The number of nitrogens with two attached hydrogens (primary N) is 1. The Kier molecular flexibility index (Phi) is 7.58. The molecular weight excluding hydrogens is 471 g/mol. The number of hydrogen-bond acceptors (Lipinski definition) is 6. The summed E-state index contributed by atoms with van der Waals surface area (Å²) >= 11 is 0. The molecule has 0 unspecified atom stereocenters. The molecule has 3 heterocycles. The molecule has 0 bridgehead atoms. The number of anilines is 2. The maximum atomic E-state index is 13.7. The van der Waals surface area contributed by atoms with Gasteiger partial charge in [0.2, 0.25) is 11.9 Å². The fourth-order valence-electron chi connectivity index (χ4n) is 4.49. The van der Waals surface area contributed by atoms with Crippen molar-refractivity contribution in [3.05, 3.63) is 64.7 Å². The van der Waals surface area contributed by atoms with E-state index in [4.69, 9.17) is 5.73 Å². The second-order valence-corrected chi connectivity index (χ2v) is 9.23. The molecule has 3 N–H and O–H groups in total. The van der Waals surface area contributed by atoms with Crippen LogP contribution in [-0.2, 0) is 30.2 Å². The lowest BCUT2D eigenvalue weighted by Gasteiger charge is -2.28. The molecule has 4 rings (SSSR count). The number of piperidine rings is 1. The molecule has 0 atom stereocenters. The van der Waals surface area contributed by atoms with Crippen LogP contribution in [0, 0.1) is 6.92 Å². The Morgan fingerprint density at radius 2 is 1.86 bits per heavy atom. The first-order valence-corrected chi connectivity index (χ1v) is 11.9. The van der Waals surface area contributed by atoms with E-state index < -0.39 is 17.6 Å². The summed E-state index contributed by atoms with van der Waals surface area (Å²) in [5.74, 6) is -0.419. The van der Waals surface area contributed by atoms with Gasteiger partial charge in [-0.1, -0.05) is 24.3 Å². The van der Waals surface area contributed by atoms with Crippen LogP contribution < -0.4 is 11.1 Å². The molecule has 1 saturated heterocycles. The summed E-state index contributed by atoms with van der Waals surface area (Å²) in [6.07, 6.45) is 0.383. The minimum absolute atomic E-state index is 0.0235. The number of rotatable bonds is 8. The van der Waals surface area contributed by atoms with Crippen LogP contribution in [0.5, 0.6) is 0 Å². The Morgan fingerprint density at radius 1 is 1.17 bits per heavy atom. The Labute approximate surface area is 207 Å². The van der Waals surface area contributed by atoms with Gasteiger partial charge < -0.3 is 16.0 Å². The smallest absolute Gasteiger partial charge is 0.369 e. The van der Waals surface area contributed by atoms with Crippen LogP contribution in [0.2, 0.25) is 0 Å². The number of carbonyl (C=O) groups is 1. The van der Waals surface area contributed by atoms with Gasteiger partial charge in [-0.25, -0.2) is 9.97 Å². The first-order chi connectivity index (χ1) is 17.1. The molecule has 1 amide bonds. The number of carbonyl (C=O) groups excluding carboxylic acids is 1. The number of nitrogens with one attached hydrogen (secondary N) is 1. The number of aromatic nitrogens is 4. The quantitative estimate of drug-likeness (QED) is 0.487.